The lowest BCUT2D eigenvalue weighted by molar-refractivity contribution is -0.125. The Balaban J connectivity index is 1.94. The van der Waals surface area contributed by atoms with Crippen LogP contribution in [0.4, 0.5) is 0 Å². The second-order valence-corrected chi connectivity index (χ2v) is 4.68. The molecule has 1 aliphatic rings. The quantitative estimate of drug-likeness (QED) is 0.840. The Morgan fingerprint density at radius 2 is 2.28 bits per heavy atom. The Bertz CT molecular complexity index is 481. The summed E-state index contributed by atoms with van der Waals surface area (Å²) in [7, 11) is 0. The minimum Gasteiger partial charge on any atom is -0.450 e. The second kappa shape index (κ2) is 5.86. The van der Waals surface area contributed by atoms with Gasteiger partial charge >= 0.3 is 0 Å². The smallest absolute Gasteiger partial charge is 0.246 e. The number of rotatable bonds is 2. The Hall–Kier alpha value is -1.56. The van der Waals surface area contributed by atoms with Gasteiger partial charge in [0.1, 0.15) is 5.76 Å². The molecule has 2 amide bonds. The molecule has 1 aromatic heterocycles. The van der Waals surface area contributed by atoms with Crippen molar-refractivity contribution in [3.05, 3.63) is 28.6 Å². The van der Waals surface area contributed by atoms with Gasteiger partial charge in [0, 0.05) is 32.1 Å². The maximum absolute atomic E-state index is 11.9. The maximum Gasteiger partial charge on any atom is 0.246 e. The van der Waals surface area contributed by atoms with Crippen molar-refractivity contribution in [3.63, 3.8) is 0 Å². The third-order valence-corrected chi connectivity index (χ3v) is 3.03. The van der Waals surface area contributed by atoms with E-state index in [1.54, 1.807) is 23.1 Å². The molecule has 2 rings (SSSR count). The largest absolute Gasteiger partial charge is 0.450 e. The predicted octanol–water partition coefficient (Wildman–Crippen LogP) is 1.40. The fraction of sp³-hybridized carbons (Fsp3) is 0.333. The van der Waals surface area contributed by atoms with Crippen LogP contribution in [0.25, 0.3) is 6.08 Å². The molecule has 0 saturated carbocycles. The van der Waals surface area contributed by atoms with Crippen molar-refractivity contribution in [2.24, 2.45) is 0 Å². The molecule has 5 nitrogen and oxygen atoms in total. The number of nitrogens with zero attached hydrogens (tertiary/aromatic N) is 1. The molecule has 96 valence electrons. The van der Waals surface area contributed by atoms with Gasteiger partial charge in [-0.05, 0) is 34.1 Å². The average Bonchev–Trinajstić information content (AvgIpc) is 2.63. The van der Waals surface area contributed by atoms with Gasteiger partial charge in [-0.15, -0.1) is 0 Å². The minimum absolute atomic E-state index is 0.00996. The van der Waals surface area contributed by atoms with Crippen molar-refractivity contribution >= 4 is 33.8 Å². The SMILES string of the molecule is O=C1CCN(C(=O)C=Cc2ccc(Br)o2)CCN1. The third kappa shape index (κ3) is 3.46. The monoisotopic (exact) mass is 312 g/mol. The van der Waals surface area contributed by atoms with Gasteiger partial charge in [0.15, 0.2) is 4.67 Å². The van der Waals surface area contributed by atoms with E-state index in [0.717, 1.165) is 0 Å². The average molecular weight is 313 g/mol. The predicted molar refractivity (Wildman–Crippen MR) is 69.6 cm³/mol. The molecule has 0 aliphatic carbocycles. The number of carbonyl (C=O) groups is 2. The fourth-order valence-electron chi connectivity index (χ4n) is 1.66. The summed E-state index contributed by atoms with van der Waals surface area (Å²) in [4.78, 5) is 24.7. The molecule has 2 heterocycles. The molecule has 6 heteroatoms. The summed E-state index contributed by atoms with van der Waals surface area (Å²) >= 11 is 3.19. The second-order valence-electron chi connectivity index (χ2n) is 3.90. The molecule has 1 fully saturated rings. The molecular weight excluding hydrogens is 300 g/mol. The molecule has 0 bridgehead atoms. The van der Waals surface area contributed by atoms with Gasteiger partial charge in [0.25, 0.3) is 0 Å². The number of carbonyl (C=O) groups excluding carboxylic acids is 2. The first-order valence-corrected chi connectivity index (χ1v) is 6.43. The van der Waals surface area contributed by atoms with Crippen LogP contribution in [0.3, 0.4) is 0 Å². The number of hydrogen-bond donors (Lipinski definition) is 1. The first kappa shape index (κ1) is 12.9. The summed E-state index contributed by atoms with van der Waals surface area (Å²) in [6.45, 7) is 1.50. The molecule has 0 aromatic carbocycles. The van der Waals surface area contributed by atoms with E-state index in [2.05, 4.69) is 21.2 Å². The first-order chi connectivity index (χ1) is 8.65. The van der Waals surface area contributed by atoms with Crippen LogP contribution in [-0.2, 0) is 9.59 Å². The Kier molecular flexibility index (Phi) is 4.19. The van der Waals surface area contributed by atoms with Gasteiger partial charge < -0.3 is 14.6 Å². The molecule has 1 aromatic rings. The molecule has 0 spiro atoms. The van der Waals surface area contributed by atoms with Crippen LogP contribution < -0.4 is 5.32 Å². The highest BCUT2D eigenvalue weighted by molar-refractivity contribution is 9.10. The van der Waals surface area contributed by atoms with Crippen molar-refractivity contribution in [2.75, 3.05) is 19.6 Å². The lowest BCUT2D eigenvalue weighted by atomic mass is 10.3. The fourth-order valence-corrected chi connectivity index (χ4v) is 1.98. The summed E-state index contributed by atoms with van der Waals surface area (Å²) in [5.41, 5.74) is 0. The van der Waals surface area contributed by atoms with Gasteiger partial charge in [0.05, 0.1) is 0 Å². The van der Waals surface area contributed by atoms with Gasteiger partial charge in [-0.25, -0.2) is 0 Å². The van der Waals surface area contributed by atoms with Crippen molar-refractivity contribution in [2.45, 2.75) is 6.42 Å². The summed E-state index contributed by atoms with van der Waals surface area (Å²) in [5.74, 6) is 0.488. The van der Waals surface area contributed by atoms with Gasteiger partial charge in [-0.2, -0.15) is 0 Å². The Labute approximate surface area is 113 Å². The van der Waals surface area contributed by atoms with Gasteiger partial charge in [0.2, 0.25) is 11.8 Å². The summed E-state index contributed by atoms with van der Waals surface area (Å²) in [5, 5.41) is 2.72. The van der Waals surface area contributed by atoms with E-state index in [1.165, 1.54) is 6.08 Å². The number of amides is 2. The van der Waals surface area contributed by atoms with Gasteiger partial charge in [-0.3, -0.25) is 9.59 Å². The number of nitrogens with one attached hydrogen (secondary N) is 1. The standard InChI is InChI=1S/C12H13BrN2O3/c13-10-3-1-9(18-10)2-4-12(17)15-7-5-11(16)14-6-8-15/h1-4H,5-8H2,(H,14,16). The topological polar surface area (TPSA) is 62.6 Å². The zero-order chi connectivity index (χ0) is 13.0. The van der Waals surface area contributed by atoms with Crippen molar-refractivity contribution in [1.29, 1.82) is 0 Å². The van der Waals surface area contributed by atoms with Crippen LogP contribution in [0.5, 0.6) is 0 Å². The van der Waals surface area contributed by atoms with Crippen LogP contribution in [0.2, 0.25) is 0 Å². The van der Waals surface area contributed by atoms with Crippen molar-refractivity contribution in [3.8, 4) is 0 Å². The molecule has 1 aliphatic heterocycles. The highest BCUT2D eigenvalue weighted by atomic mass is 79.9. The normalized spacial score (nSPS) is 16.7. The van der Waals surface area contributed by atoms with E-state index >= 15 is 0 Å². The van der Waals surface area contributed by atoms with Gasteiger partial charge in [-0.1, -0.05) is 0 Å². The van der Waals surface area contributed by atoms with Crippen molar-refractivity contribution in [1.82, 2.24) is 10.2 Å². The Morgan fingerprint density at radius 3 is 3.00 bits per heavy atom. The highest BCUT2D eigenvalue weighted by Gasteiger charge is 2.16. The van der Waals surface area contributed by atoms with Crippen LogP contribution in [0.1, 0.15) is 12.2 Å². The van der Waals surface area contributed by atoms with Crippen LogP contribution in [-0.4, -0.2) is 36.3 Å². The van der Waals surface area contributed by atoms with E-state index in [1.807, 2.05) is 0 Å². The molecular formula is C12H13BrN2O3. The molecule has 0 radical (unpaired) electrons. The van der Waals surface area contributed by atoms with Crippen LogP contribution in [0.15, 0.2) is 27.3 Å². The summed E-state index contributed by atoms with van der Waals surface area (Å²) in [6.07, 6.45) is 3.43. The minimum atomic E-state index is -0.112. The van der Waals surface area contributed by atoms with E-state index in [9.17, 15) is 9.59 Å². The zero-order valence-electron chi connectivity index (χ0n) is 9.69. The van der Waals surface area contributed by atoms with E-state index in [0.29, 0.717) is 36.5 Å². The van der Waals surface area contributed by atoms with Crippen molar-refractivity contribution < 1.29 is 14.0 Å². The molecule has 0 unspecified atom stereocenters. The zero-order valence-corrected chi connectivity index (χ0v) is 11.3. The summed E-state index contributed by atoms with van der Waals surface area (Å²) in [6, 6.07) is 3.53. The lowest BCUT2D eigenvalue weighted by Crippen LogP contribution is -2.32. The van der Waals surface area contributed by atoms with E-state index < -0.39 is 0 Å². The molecule has 1 N–H and O–H groups in total. The van der Waals surface area contributed by atoms with E-state index in [4.69, 9.17) is 4.42 Å². The highest BCUT2D eigenvalue weighted by Crippen LogP contribution is 2.15. The van der Waals surface area contributed by atoms with Crippen LogP contribution in [0, 0.1) is 0 Å². The Morgan fingerprint density at radius 1 is 1.44 bits per heavy atom. The maximum atomic E-state index is 11.9. The van der Waals surface area contributed by atoms with E-state index in [-0.39, 0.29) is 11.8 Å². The number of hydrogen-bond acceptors (Lipinski definition) is 3. The van der Waals surface area contributed by atoms with Crippen LogP contribution >= 0.6 is 15.9 Å². The molecule has 1 saturated heterocycles. The number of halogens is 1. The molecule has 0 atom stereocenters. The lowest BCUT2D eigenvalue weighted by Gasteiger charge is -2.16. The number of furan rings is 1. The molecule has 18 heavy (non-hydrogen) atoms. The summed E-state index contributed by atoms with van der Waals surface area (Å²) < 4.78 is 5.88. The first-order valence-electron chi connectivity index (χ1n) is 5.64. The third-order valence-electron chi connectivity index (χ3n) is 2.61.